The van der Waals surface area contributed by atoms with E-state index in [-0.39, 0.29) is 28.9 Å². The summed E-state index contributed by atoms with van der Waals surface area (Å²) >= 11 is 5.86. The molecule has 9 heteroatoms. The molecule has 0 aliphatic heterocycles. The zero-order valence-electron chi connectivity index (χ0n) is 14.8. The average molecular weight is 399 g/mol. The van der Waals surface area contributed by atoms with Gasteiger partial charge in [0.1, 0.15) is 11.2 Å². The van der Waals surface area contributed by atoms with Crippen molar-refractivity contribution in [3.8, 4) is 6.07 Å². The molecule has 0 spiro atoms. The molecular formula is C19H12ClFN4O3. The molecule has 28 heavy (non-hydrogen) atoms. The van der Waals surface area contributed by atoms with Crippen molar-refractivity contribution in [3.05, 3.63) is 56.6 Å². The van der Waals surface area contributed by atoms with Gasteiger partial charge in [0.2, 0.25) is 5.43 Å². The molecule has 4 aromatic rings. The fraction of sp³-hybridized carbons (Fsp3) is 0.158. The highest BCUT2D eigenvalue weighted by molar-refractivity contribution is 6.30. The van der Waals surface area contributed by atoms with Crippen molar-refractivity contribution in [1.82, 2.24) is 14.0 Å². The summed E-state index contributed by atoms with van der Waals surface area (Å²) in [6.07, 6.45) is 0. The van der Waals surface area contributed by atoms with Crippen LogP contribution in [0.5, 0.6) is 0 Å². The van der Waals surface area contributed by atoms with Gasteiger partial charge in [-0.2, -0.15) is 5.26 Å². The average Bonchev–Trinajstić information content (AvgIpc) is 2.96. The number of ether oxygens (including phenoxy) is 1. The Morgan fingerprint density at radius 3 is 2.79 bits per heavy atom. The fourth-order valence-electron chi connectivity index (χ4n) is 3.35. The molecule has 7 nitrogen and oxygen atoms in total. The quantitative estimate of drug-likeness (QED) is 0.382. The second kappa shape index (κ2) is 6.32. The van der Waals surface area contributed by atoms with Gasteiger partial charge in [0.05, 0.1) is 34.7 Å². The lowest BCUT2D eigenvalue weighted by Gasteiger charge is -2.09. The minimum atomic E-state index is -0.876. The number of aromatic nitrogens is 3. The first-order valence-corrected chi connectivity index (χ1v) is 8.67. The Balaban J connectivity index is 2.37. The Kier molecular flexibility index (Phi) is 4.05. The molecule has 0 N–H and O–H groups in total. The van der Waals surface area contributed by atoms with E-state index in [1.165, 1.54) is 4.40 Å². The van der Waals surface area contributed by atoms with E-state index >= 15 is 0 Å². The molecular weight excluding hydrogens is 387 g/mol. The predicted octanol–water partition coefficient (Wildman–Crippen LogP) is 3.18. The van der Waals surface area contributed by atoms with Crippen LogP contribution in [0.4, 0.5) is 4.39 Å². The van der Waals surface area contributed by atoms with Crippen LogP contribution in [0, 0.1) is 17.1 Å². The van der Waals surface area contributed by atoms with Crippen LogP contribution in [0.2, 0.25) is 5.15 Å². The minimum absolute atomic E-state index is 0.0677. The number of nitriles is 1. The predicted molar refractivity (Wildman–Crippen MR) is 101 cm³/mol. The number of fused-ring (bicyclic) bond motifs is 5. The Morgan fingerprint density at radius 1 is 1.36 bits per heavy atom. The van der Waals surface area contributed by atoms with E-state index in [4.69, 9.17) is 16.3 Å². The highest BCUT2D eigenvalue weighted by atomic mass is 35.5. The molecule has 3 aromatic heterocycles. The van der Waals surface area contributed by atoms with Crippen molar-refractivity contribution in [2.24, 2.45) is 7.05 Å². The third-order valence-electron chi connectivity index (χ3n) is 4.54. The minimum Gasteiger partial charge on any atom is -0.462 e. The van der Waals surface area contributed by atoms with Crippen molar-refractivity contribution < 1.29 is 13.9 Å². The molecule has 0 atom stereocenters. The molecule has 0 fully saturated rings. The third kappa shape index (κ3) is 2.37. The lowest BCUT2D eigenvalue weighted by Crippen LogP contribution is -2.22. The maximum Gasteiger partial charge on any atom is 0.345 e. The van der Waals surface area contributed by atoms with E-state index in [1.54, 1.807) is 36.7 Å². The number of halogens is 2. The van der Waals surface area contributed by atoms with Gasteiger partial charge in [0.15, 0.2) is 16.6 Å². The summed E-state index contributed by atoms with van der Waals surface area (Å²) in [5.74, 6) is -1.70. The first-order chi connectivity index (χ1) is 13.4. The Bertz CT molecular complexity index is 1410. The summed E-state index contributed by atoms with van der Waals surface area (Å²) < 4.78 is 22.2. The van der Waals surface area contributed by atoms with Crippen molar-refractivity contribution in [2.45, 2.75) is 6.92 Å². The van der Waals surface area contributed by atoms with Crippen molar-refractivity contribution in [3.63, 3.8) is 0 Å². The maximum absolute atomic E-state index is 14.0. The number of imidazole rings is 1. The topological polar surface area (TPSA) is 89.4 Å². The molecule has 3 heterocycles. The first-order valence-electron chi connectivity index (χ1n) is 8.29. The van der Waals surface area contributed by atoms with E-state index in [1.807, 2.05) is 6.07 Å². The summed E-state index contributed by atoms with van der Waals surface area (Å²) in [5, 5.41) is 8.73. The van der Waals surface area contributed by atoms with Crippen LogP contribution in [0.25, 0.3) is 27.7 Å². The second-order valence-corrected chi connectivity index (χ2v) is 6.45. The smallest absolute Gasteiger partial charge is 0.345 e. The molecule has 0 radical (unpaired) electrons. The maximum atomic E-state index is 14.0. The van der Waals surface area contributed by atoms with Gasteiger partial charge in [-0.05, 0) is 31.2 Å². The number of aryl methyl sites for hydroxylation is 1. The van der Waals surface area contributed by atoms with Gasteiger partial charge in [0, 0.05) is 7.05 Å². The Hall–Kier alpha value is -3.44. The Morgan fingerprint density at radius 2 is 2.11 bits per heavy atom. The zero-order valence-corrected chi connectivity index (χ0v) is 15.5. The summed E-state index contributed by atoms with van der Waals surface area (Å²) in [7, 11) is 1.67. The monoisotopic (exact) mass is 398 g/mol. The van der Waals surface area contributed by atoms with E-state index in [2.05, 4.69) is 4.98 Å². The standard InChI is InChI=1S/C19H12ClFN4O3/c1-3-28-19(27)14-15(26)10-7-11(21)16(20)23-17(10)25-13-6-9(8-22)4-5-12(13)24(2)18(14)25/h4-7H,3H2,1-2H3. The van der Waals surface area contributed by atoms with E-state index in [0.29, 0.717) is 16.6 Å². The zero-order chi connectivity index (χ0) is 20.2. The van der Waals surface area contributed by atoms with Crippen LogP contribution in [-0.2, 0) is 11.8 Å². The number of carbonyl (C=O) groups excluding carboxylic acids is 1. The molecule has 0 saturated carbocycles. The number of hydrogen-bond acceptors (Lipinski definition) is 5. The molecule has 0 aliphatic carbocycles. The van der Waals surface area contributed by atoms with Crippen LogP contribution in [-0.4, -0.2) is 26.5 Å². The molecule has 140 valence electrons. The summed E-state index contributed by atoms with van der Waals surface area (Å²) in [4.78, 5) is 29.7. The molecule has 4 rings (SSSR count). The number of nitrogens with zero attached hydrogens (tertiary/aromatic N) is 4. The summed E-state index contributed by atoms with van der Waals surface area (Å²) in [5.41, 5.74) is 0.882. The molecule has 0 aliphatic rings. The third-order valence-corrected chi connectivity index (χ3v) is 4.80. The molecule has 0 bridgehead atoms. The fourth-order valence-corrected chi connectivity index (χ4v) is 3.48. The lowest BCUT2D eigenvalue weighted by molar-refractivity contribution is 0.0526. The van der Waals surface area contributed by atoms with Crippen LogP contribution in [0.3, 0.4) is 0 Å². The van der Waals surface area contributed by atoms with Crippen LogP contribution >= 0.6 is 11.6 Å². The molecule has 1 aromatic carbocycles. The SMILES string of the molecule is CCOC(=O)c1c(=O)c2cc(F)c(Cl)nc2n2c3cc(C#N)ccc3n(C)c12. The first kappa shape index (κ1) is 17.9. The van der Waals surface area contributed by atoms with Crippen molar-refractivity contribution in [1.29, 1.82) is 5.26 Å². The van der Waals surface area contributed by atoms with E-state index < -0.39 is 22.4 Å². The number of pyridine rings is 2. The highest BCUT2D eigenvalue weighted by Gasteiger charge is 2.26. The van der Waals surface area contributed by atoms with Gasteiger partial charge in [-0.1, -0.05) is 11.6 Å². The number of carbonyl (C=O) groups is 1. The van der Waals surface area contributed by atoms with Crippen LogP contribution in [0.1, 0.15) is 22.8 Å². The van der Waals surface area contributed by atoms with Crippen molar-refractivity contribution >= 4 is 45.3 Å². The lowest BCUT2D eigenvalue weighted by atomic mass is 10.1. The summed E-state index contributed by atoms with van der Waals surface area (Å²) in [6.45, 7) is 1.69. The van der Waals surface area contributed by atoms with Crippen LogP contribution < -0.4 is 5.43 Å². The normalized spacial score (nSPS) is 11.2. The van der Waals surface area contributed by atoms with E-state index in [0.717, 1.165) is 6.07 Å². The van der Waals surface area contributed by atoms with Gasteiger partial charge in [-0.15, -0.1) is 0 Å². The molecule has 0 amide bonds. The highest BCUT2D eigenvalue weighted by Crippen LogP contribution is 2.28. The van der Waals surface area contributed by atoms with Gasteiger partial charge in [0.25, 0.3) is 0 Å². The number of hydrogen-bond donors (Lipinski definition) is 0. The number of benzene rings is 1. The molecule has 0 unspecified atom stereocenters. The summed E-state index contributed by atoms with van der Waals surface area (Å²) in [6, 6.07) is 7.91. The molecule has 0 saturated heterocycles. The largest absolute Gasteiger partial charge is 0.462 e. The Labute approximate surface area is 162 Å². The van der Waals surface area contributed by atoms with Crippen LogP contribution in [0.15, 0.2) is 29.1 Å². The van der Waals surface area contributed by atoms with Crippen molar-refractivity contribution in [2.75, 3.05) is 6.61 Å². The number of rotatable bonds is 2. The van der Waals surface area contributed by atoms with Gasteiger partial charge < -0.3 is 9.30 Å². The van der Waals surface area contributed by atoms with Gasteiger partial charge in [-0.3, -0.25) is 9.20 Å². The van der Waals surface area contributed by atoms with E-state index in [9.17, 15) is 19.2 Å². The second-order valence-electron chi connectivity index (χ2n) is 6.09. The number of esters is 1. The van der Waals surface area contributed by atoms with Gasteiger partial charge in [-0.25, -0.2) is 14.2 Å². The van der Waals surface area contributed by atoms with Gasteiger partial charge >= 0.3 is 5.97 Å².